The van der Waals surface area contributed by atoms with E-state index in [1.165, 1.54) is 31.4 Å². The number of ether oxygens (including phenoxy) is 3. The van der Waals surface area contributed by atoms with Gasteiger partial charge < -0.3 is 19.5 Å². The van der Waals surface area contributed by atoms with Crippen molar-refractivity contribution in [1.29, 1.82) is 0 Å². The molecule has 2 rings (SSSR count). The summed E-state index contributed by atoms with van der Waals surface area (Å²) in [7, 11) is 1.45. The highest BCUT2D eigenvalue weighted by molar-refractivity contribution is 5.95. The second-order valence-corrected chi connectivity index (χ2v) is 5.50. The van der Waals surface area contributed by atoms with Gasteiger partial charge in [-0.1, -0.05) is 6.07 Å². The molecule has 0 aliphatic rings. The molecular formula is C19H18F3NO5. The molecule has 0 saturated carbocycles. The van der Waals surface area contributed by atoms with Crippen molar-refractivity contribution in [2.45, 2.75) is 13.1 Å². The van der Waals surface area contributed by atoms with Gasteiger partial charge in [0.25, 0.3) is 5.91 Å². The molecule has 1 amide bonds. The molecule has 0 saturated heterocycles. The van der Waals surface area contributed by atoms with Crippen LogP contribution in [-0.2, 0) is 15.7 Å². The van der Waals surface area contributed by atoms with Crippen LogP contribution >= 0.6 is 0 Å². The van der Waals surface area contributed by atoms with Crippen molar-refractivity contribution in [3.63, 3.8) is 0 Å². The Hall–Kier alpha value is -3.23. The van der Waals surface area contributed by atoms with Gasteiger partial charge in [0.15, 0.2) is 18.1 Å². The summed E-state index contributed by atoms with van der Waals surface area (Å²) >= 11 is 0. The zero-order chi connectivity index (χ0) is 20.7. The van der Waals surface area contributed by atoms with E-state index >= 15 is 0 Å². The molecule has 0 radical (unpaired) electrons. The maximum Gasteiger partial charge on any atom is 0.416 e. The molecule has 0 bridgehead atoms. The van der Waals surface area contributed by atoms with E-state index in [0.29, 0.717) is 18.1 Å². The summed E-state index contributed by atoms with van der Waals surface area (Å²) in [6, 6.07) is 8.50. The number of hydrogen-bond acceptors (Lipinski definition) is 5. The maximum absolute atomic E-state index is 12.7. The number of hydrogen-bond donors (Lipinski definition) is 1. The van der Waals surface area contributed by atoms with Gasteiger partial charge in [0.05, 0.1) is 24.8 Å². The molecule has 0 aliphatic carbocycles. The van der Waals surface area contributed by atoms with Crippen molar-refractivity contribution >= 4 is 17.6 Å². The number of benzene rings is 2. The molecule has 0 atom stereocenters. The van der Waals surface area contributed by atoms with Crippen LogP contribution in [0.3, 0.4) is 0 Å². The molecule has 0 spiro atoms. The van der Waals surface area contributed by atoms with Crippen LogP contribution < -0.4 is 14.8 Å². The number of carbonyl (C=O) groups excluding carboxylic acids is 2. The smallest absolute Gasteiger partial charge is 0.416 e. The Balaban J connectivity index is 1.97. The standard InChI is InChI=1S/C19H18F3NO5/c1-3-27-16-9-12(7-8-15(16)26-2)18(25)28-11-17(24)23-14-6-4-5-13(10-14)19(20,21)22/h4-10H,3,11H2,1-2H3,(H,23,24). The van der Waals surface area contributed by atoms with E-state index in [2.05, 4.69) is 5.32 Å². The van der Waals surface area contributed by atoms with Crippen LogP contribution in [0.2, 0.25) is 0 Å². The van der Waals surface area contributed by atoms with Crippen LogP contribution in [0.5, 0.6) is 11.5 Å². The van der Waals surface area contributed by atoms with Gasteiger partial charge in [-0.2, -0.15) is 13.2 Å². The second kappa shape index (κ2) is 9.12. The highest BCUT2D eigenvalue weighted by Crippen LogP contribution is 2.31. The molecule has 0 aliphatic heterocycles. The fraction of sp³-hybridized carbons (Fsp3) is 0.263. The van der Waals surface area contributed by atoms with Crippen molar-refractivity contribution in [2.24, 2.45) is 0 Å². The van der Waals surface area contributed by atoms with E-state index in [9.17, 15) is 22.8 Å². The first-order chi connectivity index (χ1) is 13.2. The molecule has 0 fully saturated rings. The summed E-state index contributed by atoms with van der Waals surface area (Å²) in [4.78, 5) is 24.0. The number of amides is 1. The Kier molecular flexibility index (Phi) is 6.86. The van der Waals surface area contributed by atoms with Crippen LogP contribution in [0.1, 0.15) is 22.8 Å². The van der Waals surface area contributed by atoms with E-state index in [-0.39, 0.29) is 11.3 Å². The summed E-state index contributed by atoms with van der Waals surface area (Å²) in [6.45, 7) is 1.46. The normalized spacial score (nSPS) is 10.9. The number of halogens is 3. The van der Waals surface area contributed by atoms with Crippen molar-refractivity contribution in [1.82, 2.24) is 0 Å². The lowest BCUT2D eigenvalue weighted by atomic mass is 10.2. The average Bonchev–Trinajstić information content (AvgIpc) is 2.66. The van der Waals surface area contributed by atoms with Crippen LogP contribution in [0.4, 0.5) is 18.9 Å². The Labute approximate surface area is 159 Å². The predicted molar refractivity (Wildman–Crippen MR) is 94.5 cm³/mol. The minimum absolute atomic E-state index is 0.0565. The minimum atomic E-state index is -4.53. The number of carbonyl (C=O) groups is 2. The van der Waals surface area contributed by atoms with E-state index in [0.717, 1.165) is 18.2 Å². The summed E-state index contributed by atoms with van der Waals surface area (Å²) in [5, 5.41) is 2.25. The summed E-state index contributed by atoms with van der Waals surface area (Å²) < 4.78 is 53.4. The van der Waals surface area contributed by atoms with Crippen LogP contribution in [0.25, 0.3) is 0 Å². The topological polar surface area (TPSA) is 73.9 Å². The molecule has 6 nitrogen and oxygen atoms in total. The van der Waals surface area contributed by atoms with Gasteiger partial charge in [-0.15, -0.1) is 0 Å². The van der Waals surface area contributed by atoms with Gasteiger partial charge in [-0.3, -0.25) is 4.79 Å². The lowest BCUT2D eigenvalue weighted by Crippen LogP contribution is -2.21. The van der Waals surface area contributed by atoms with Gasteiger partial charge in [-0.05, 0) is 43.3 Å². The molecule has 150 valence electrons. The molecule has 0 aromatic heterocycles. The number of anilines is 1. The van der Waals surface area contributed by atoms with Crippen molar-refractivity contribution in [3.8, 4) is 11.5 Å². The zero-order valence-electron chi connectivity index (χ0n) is 15.1. The Morgan fingerprint density at radius 3 is 2.46 bits per heavy atom. The third kappa shape index (κ3) is 5.63. The van der Waals surface area contributed by atoms with Gasteiger partial charge in [-0.25, -0.2) is 4.79 Å². The molecule has 0 unspecified atom stereocenters. The van der Waals surface area contributed by atoms with Gasteiger partial charge in [0.2, 0.25) is 0 Å². The fourth-order valence-corrected chi connectivity index (χ4v) is 2.26. The summed E-state index contributed by atoms with van der Waals surface area (Å²) in [5.41, 5.74) is -0.820. The largest absolute Gasteiger partial charge is 0.493 e. The number of methoxy groups -OCH3 is 1. The van der Waals surface area contributed by atoms with E-state index in [4.69, 9.17) is 14.2 Å². The average molecular weight is 397 g/mol. The maximum atomic E-state index is 12.7. The van der Waals surface area contributed by atoms with Crippen molar-refractivity contribution < 1.29 is 37.0 Å². The van der Waals surface area contributed by atoms with Crippen LogP contribution in [-0.4, -0.2) is 32.2 Å². The summed E-state index contributed by atoms with van der Waals surface area (Å²) in [5.74, 6) is -0.789. The molecule has 2 aromatic rings. The zero-order valence-corrected chi connectivity index (χ0v) is 15.1. The van der Waals surface area contributed by atoms with E-state index < -0.39 is 30.2 Å². The third-order valence-corrected chi connectivity index (χ3v) is 3.51. The lowest BCUT2D eigenvalue weighted by molar-refractivity contribution is -0.137. The van der Waals surface area contributed by atoms with Gasteiger partial charge in [0, 0.05) is 5.69 Å². The van der Waals surface area contributed by atoms with Crippen molar-refractivity contribution in [3.05, 3.63) is 53.6 Å². The first kappa shape index (κ1) is 21.1. The number of alkyl halides is 3. The minimum Gasteiger partial charge on any atom is -0.493 e. The summed E-state index contributed by atoms with van der Waals surface area (Å²) in [6.07, 6.45) is -4.53. The lowest BCUT2D eigenvalue weighted by Gasteiger charge is -2.11. The van der Waals surface area contributed by atoms with Crippen molar-refractivity contribution in [2.75, 3.05) is 25.6 Å². The molecule has 9 heteroatoms. The Morgan fingerprint density at radius 1 is 1.07 bits per heavy atom. The number of nitrogens with one attached hydrogen (secondary N) is 1. The Bertz CT molecular complexity index is 852. The van der Waals surface area contributed by atoms with Gasteiger partial charge in [0.1, 0.15) is 0 Å². The van der Waals surface area contributed by atoms with E-state index in [1.54, 1.807) is 6.92 Å². The molecule has 1 N–H and O–H groups in total. The predicted octanol–water partition coefficient (Wildman–Crippen LogP) is 3.91. The SMILES string of the molecule is CCOc1cc(C(=O)OCC(=O)Nc2cccc(C(F)(F)F)c2)ccc1OC. The molecular weight excluding hydrogens is 379 g/mol. The quantitative estimate of drug-likeness (QED) is 0.717. The Morgan fingerprint density at radius 2 is 1.82 bits per heavy atom. The first-order valence-corrected chi connectivity index (χ1v) is 8.19. The highest BCUT2D eigenvalue weighted by atomic mass is 19.4. The second-order valence-electron chi connectivity index (χ2n) is 5.50. The molecule has 28 heavy (non-hydrogen) atoms. The third-order valence-electron chi connectivity index (χ3n) is 3.51. The first-order valence-electron chi connectivity index (χ1n) is 8.19. The monoisotopic (exact) mass is 397 g/mol. The fourth-order valence-electron chi connectivity index (χ4n) is 2.26. The van der Waals surface area contributed by atoms with Crippen LogP contribution in [0, 0.1) is 0 Å². The van der Waals surface area contributed by atoms with E-state index in [1.807, 2.05) is 0 Å². The molecule has 0 heterocycles. The number of esters is 1. The number of rotatable bonds is 7. The van der Waals surface area contributed by atoms with Crippen LogP contribution in [0.15, 0.2) is 42.5 Å². The molecule has 2 aromatic carbocycles. The van der Waals surface area contributed by atoms with Gasteiger partial charge >= 0.3 is 12.1 Å². The highest BCUT2D eigenvalue weighted by Gasteiger charge is 2.30.